The van der Waals surface area contributed by atoms with Crippen LogP contribution in [0.5, 0.6) is 0 Å². The monoisotopic (exact) mass is 321 g/mol. The first-order chi connectivity index (χ1) is 9.11. The van der Waals surface area contributed by atoms with E-state index in [4.69, 9.17) is 0 Å². The lowest BCUT2D eigenvalue weighted by atomic mass is 10.1. The molecule has 0 saturated heterocycles. The Balaban J connectivity index is 2.18. The first-order valence-corrected chi connectivity index (χ1v) is 6.75. The molecule has 0 spiro atoms. The van der Waals surface area contributed by atoms with Crippen LogP contribution in [0.15, 0.2) is 46.9 Å². The Morgan fingerprint density at radius 3 is 2.53 bits per heavy atom. The van der Waals surface area contributed by atoms with Crippen LogP contribution < -0.4 is 5.32 Å². The van der Waals surface area contributed by atoms with Crippen LogP contribution in [0.25, 0.3) is 0 Å². The Hall–Kier alpha value is -1.68. The summed E-state index contributed by atoms with van der Waals surface area (Å²) in [6.07, 6.45) is 0.948. The summed E-state index contributed by atoms with van der Waals surface area (Å²) < 4.78 is 13.5. The van der Waals surface area contributed by atoms with Gasteiger partial charge in [-0.15, -0.1) is 0 Å². The highest BCUT2D eigenvalue weighted by Crippen LogP contribution is 2.21. The van der Waals surface area contributed by atoms with Crippen molar-refractivity contribution in [2.45, 2.75) is 13.3 Å². The number of hydrogen-bond donors (Lipinski definition) is 1. The van der Waals surface area contributed by atoms with Gasteiger partial charge in [0.1, 0.15) is 5.82 Å². The summed E-state index contributed by atoms with van der Waals surface area (Å²) in [5.74, 6) is -0.787. The average Bonchev–Trinajstić information content (AvgIpc) is 2.42. The molecule has 2 aromatic rings. The third-order valence-electron chi connectivity index (χ3n) is 2.82. The van der Waals surface area contributed by atoms with E-state index < -0.39 is 5.82 Å². The molecule has 0 aliphatic rings. The topological polar surface area (TPSA) is 29.1 Å². The van der Waals surface area contributed by atoms with E-state index in [2.05, 4.69) is 28.2 Å². The minimum Gasteiger partial charge on any atom is -0.322 e. The Morgan fingerprint density at radius 1 is 1.21 bits per heavy atom. The molecular weight excluding hydrogens is 309 g/mol. The van der Waals surface area contributed by atoms with Gasteiger partial charge < -0.3 is 5.32 Å². The second kappa shape index (κ2) is 5.97. The summed E-state index contributed by atoms with van der Waals surface area (Å²) in [6.45, 7) is 2.07. The normalized spacial score (nSPS) is 10.3. The number of anilines is 1. The molecule has 0 atom stereocenters. The highest BCUT2D eigenvalue weighted by Gasteiger charge is 2.12. The third-order valence-corrected chi connectivity index (χ3v) is 3.62. The second-order valence-electron chi connectivity index (χ2n) is 4.11. The average molecular weight is 322 g/mol. The number of carbonyl (C=O) groups is 1. The van der Waals surface area contributed by atoms with Crippen molar-refractivity contribution in [2.75, 3.05) is 5.32 Å². The van der Waals surface area contributed by atoms with Crippen LogP contribution in [-0.4, -0.2) is 5.91 Å². The molecule has 2 nitrogen and oxygen atoms in total. The van der Waals surface area contributed by atoms with E-state index in [0.29, 0.717) is 5.69 Å². The van der Waals surface area contributed by atoms with Gasteiger partial charge in [0.15, 0.2) is 0 Å². The molecule has 0 radical (unpaired) electrons. The van der Waals surface area contributed by atoms with Crippen LogP contribution in [0.1, 0.15) is 22.8 Å². The lowest BCUT2D eigenvalue weighted by Gasteiger charge is -2.08. The summed E-state index contributed by atoms with van der Waals surface area (Å²) in [7, 11) is 0. The van der Waals surface area contributed by atoms with Gasteiger partial charge in [-0.1, -0.05) is 25.1 Å². The maximum absolute atomic E-state index is 13.4. The predicted molar refractivity (Wildman–Crippen MR) is 77.9 cm³/mol. The van der Waals surface area contributed by atoms with Gasteiger partial charge in [0.05, 0.1) is 10.0 Å². The molecule has 0 aliphatic heterocycles. The Bertz CT molecular complexity index is 596. The van der Waals surface area contributed by atoms with Crippen LogP contribution >= 0.6 is 15.9 Å². The maximum atomic E-state index is 13.4. The summed E-state index contributed by atoms with van der Waals surface area (Å²) in [5, 5.41) is 2.74. The van der Waals surface area contributed by atoms with E-state index in [1.807, 2.05) is 24.3 Å². The molecule has 0 unspecified atom stereocenters. The highest BCUT2D eigenvalue weighted by atomic mass is 79.9. The van der Waals surface area contributed by atoms with Gasteiger partial charge in [-0.3, -0.25) is 4.79 Å². The van der Waals surface area contributed by atoms with Gasteiger partial charge >= 0.3 is 0 Å². The van der Waals surface area contributed by atoms with Crippen molar-refractivity contribution in [1.82, 2.24) is 0 Å². The standard InChI is InChI=1S/C15H13BrFNO/c1-2-10-6-8-11(9-7-10)18-15(19)12-4-3-5-13(17)14(12)16/h3-9H,2H2,1H3,(H,18,19). The van der Waals surface area contributed by atoms with E-state index in [-0.39, 0.29) is 15.9 Å². The number of halogens is 2. The van der Waals surface area contributed by atoms with E-state index in [0.717, 1.165) is 6.42 Å². The number of nitrogens with one attached hydrogen (secondary N) is 1. The zero-order valence-electron chi connectivity index (χ0n) is 10.4. The largest absolute Gasteiger partial charge is 0.322 e. The zero-order valence-corrected chi connectivity index (χ0v) is 12.0. The molecule has 0 aromatic heterocycles. The second-order valence-corrected chi connectivity index (χ2v) is 4.90. The number of amides is 1. The summed E-state index contributed by atoms with van der Waals surface area (Å²) in [5.41, 5.74) is 2.17. The number of hydrogen-bond acceptors (Lipinski definition) is 1. The van der Waals surface area contributed by atoms with Crippen molar-refractivity contribution in [1.29, 1.82) is 0 Å². The number of benzene rings is 2. The van der Waals surface area contributed by atoms with Crippen molar-refractivity contribution in [3.05, 3.63) is 63.9 Å². The SMILES string of the molecule is CCc1ccc(NC(=O)c2cccc(F)c2Br)cc1. The lowest BCUT2D eigenvalue weighted by molar-refractivity contribution is 0.102. The minimum absolute atomic E-state index is 0.178. The fourth-order valence-corrected chi connectivity index (χ4v) is 2.15. The van der Waals surface area contributed by atoms with Crippen molar-refractivity contribution in [2.24, 2.45) is 0 Å². The summed E-state index contributed by atoms with van der Waals surface area (Å²) in [4.78, 5) is 12.0. The van der Waals surface area contributed by atoms with Gasteiger partial charge in [0.25, 0.3) is 5.91 Å². The molecule has 0 fully saturated rings. The molecule has 2 aromatic carbocycles. The molecule has 1 amide bonds. The Kier molecular flexibility index (Phi) is 4.32. The Labute approximate surface area is 119 Å². The molecular formula is C15H13BrFNO. The lowest BCUT2D eigenvalue weighted by Crippen LogP contribution is -2.13. The number of aryl methyl sites for hydroxylation is 1. The molecule has 4 heteroatoms. The van der Waals surface area contributed by atoms with Gasteiger partial charge in [-0.2, -0.15) is 0 Å². The van der Waals surface area contributed by atoms with E-state index in [1.165, 1.54) is 17.7 Å². The van der Waals surface area contributed by atoms with Crippen LogP contribution in [0, 0.1) is 5.82 Å². The number of carbonyl (C=O) groups excluding carboxylic acids is 1. The van der Waals surface area contributed by atoms with Crippen molar-refractivity contribution >= 4 is 27.5 Å². The molecule has 0 aliphatic carbocycles. The van der Waals surface area contributed by atoms with Crippen molar-refractivity contribution < 1.29 is 9.18 Å². The fourth-order valence-electron chi connectivity index (χ4n) is 1.70. The van der Waals surface area contributed by atoms with Gasteiger partial charge in [-0.25, -0.2) is 4.39 Å². The van der Waals surface area contributed by atoms with E-state index in [1.54, 1.807) is 6.07 Å². The van der Waals surface area contributed by atoms with Gasteiger partial charge in [-0.05, 0) is 52.2 Å². The molecule has 0 heterocycles. The Morgan fingerprint density at radius 2 is 1.89 bits per heavy atom. The number of rotatable bonds is 3. The van der Waals surface area contributed by atoms with E-state index in [9.17, 15) is 9.18 Å². The minimum atomic E-state index is -0.450. The van der Waals surface area contributed by atoms with E-state index >= 15 is 0 Å². The predicted octanol–water partition coefficient (Wildman–Crippen LogP) is 4.40. The third kappa shape index (κ3) is 3.20. The van der Waals surface area contributed by atoms with Crippen LogP contribution in [0.4, 0.5) is 10.1 Å². The smallest absolute Gasteiger partial charge is 0.256 e. The fraction of sp³-hybridized carbons (Fsp3) is 0.133. The first-order valence-electron chi connectivity index (χ1n) is 5.96. The molecule has 0 bridgehead atoms. The van der Waals surface area contributed by atoms with Crippen molar-refractivity contribution in [3.8, 4) is 0 Å². The summed E-state index contributed by atoms with van der Waals surface area (Å²) in [6, 6.07) is 12.0. The van der Waals surface area contributed by atoms with Gasteiger partial charge in [0, 0.05) is 5.69 Å². The summed E-state index contributed by atoms with van der Waals surface area (Å²) >= 11 is 3.08. The van der Waals surface area contributed by atoms with Crippen molar-refractivity contribution in [3.63, 3.8) is 0 Å². The maximum Gasteiger partial charge on any atom is 0.256 e. The zero-order chi connectivity index (χ0) is 13.8. The molecule has 1 N–H and O–H groups in total. The van der Waals surface area contributed by atoms with Crippen LogP contribution in [0.3, 0.4) is 0 Å². The van der Waals surface area contributed by atoms with Gasteiger partial charge in [0.2, 0.25) is 0 Å². The molecule has 98 valence electrons. The molecule has 0 saturated carbocycles. The molecule has 19 heavy (non-hydrogen) atoms. The van der Waals surface area contributed by atoms with Crippen LogP contribution in [0.2, 0.25) is 0 Å². The first kappa shape index (κ1) is 13.7. The van der Waals surface area contributed by atoms with Crippen LogP contribution in [-0.2, 0) is 6.42 Å². The highest BCUT2D eigenvalue weighted by molar-refractivity contribution is 9.10. The molecule has 2 rings (SSSR count). The quantitative estimate of drug-likeness (QED) is 0.891.